The van der Waals surface area contributed by atoms with Gasteiger partial charge in [0.25, 0.3) is 0 Å². The first-order valence-corrected chi connectivity index (χ1v) is 4.87. The zero-order chi connectivity index (χ0) is 9.40. The molecule has 0 N–H and O–H groups in total. The van der Waals surface area contributed by atoms with Gasteiger partial charge in [0.05, 0.1) is 0 Å². The molecule has 0 radical (unpaired) electrons. The van der Waals surface area contributed by atoms with Crippen molar-refractivity contribution in [2.24, 2.45) is 5.92 Å². The van der Waals surface area contributed by atoms with Gasteiger partial charge in [0, 0.05) is 0 Å². The molecule has 1 atom stereocenters. The molecule has 1 nitrogen and oxygen atoms in total. The highest BCUT2D eigenvalue weighted by Gasteiger charge is 2.06. The Labute approximate surface area is 75.9 Å². The van der Waals surface area contributed by atoms with Crippen LogP contribution < -0.4 is 0 Å². The molecule has 0 aromatic rings. The Kier molecular flexibility index (Phi) is 6.73. The SMILES string of the molecule is C=C(C=O)CC(CC)CCCC. The summed E-state index contributed by atoms with van der Waals surface area (Å²) in [6.07, 6.45) is 6.68. The van der Waals surface area contributed by atoms with E-state index in [0.29, 0.717) is 5.92 Å². The Morgan fingerprint density at radius 1 is 1.50 bits per heavy atom. The maximum Gasteiger partial charge on any atom is 0.145 e. The van der Waals surface area contributed by atoms with Gasteiger partial charge in [0.2, 0.25) is 0 Å². The Balaban J connectivity index is 3.66. The van der Waals surface area contributed by atoms with Gasteiger partial charge in [-0.2, -0.15) is 0 Å². The maximum atomic E-state index is 10.3. The Bertz CT molecular complexity index is 138. The number of carbonyl (C=O) groups is 1. The van der Waals surface area contributed by atoms with Gasteiger partial charge in [-0.3, -0.25) is 4.79 Å². The summed E-state index contributed by atoms with van der Waals surface area (Å²) in [7, 11) is 0. The van der Waals surface area contributed by atoms with Crippen LogP contribution in [0.2, 0.25) is 0 Å². The lowest BCUT2D eigenvalue weighted by molar-refractivity contribution is -0.105. The molecule has 70 valence electrons. The summed E-state index contributed by atoms with van der Waals surface area (Å²) in [4.78, 5) is 10.3. The fraction of sp³-hybridized carbons (Fsp3) is 0.727. The van der Waals surface area contributed by atoms with Gasteiger partial charge in [-0.1, -0.05) is 46.1 Å². The van der Waals surface area contributed by atoms with Crippen molar-refractivity contribution in [2.45, 2.75) is 46.0 Å². The minimum absolute atomic E-state index is 0.669. The molecule has 0 aromatic carbocycles. The van der Waals surface area contributed by atoms with E-state index >= 15 is 0 Å². The van der Waals surface area contributed by atoms with Crippen LogP contribution in [0, 0.1) is 5.92 Å². The van der Waals surface area contributed by atoms with Crippen molar-refractivity contribution < 1.29 is 4.79 Å². The van der Waals surface area contributed by atoms with Gasteiger partial charge in [-0.25, -0.2) is 0 Å². The van der Waals surface area contributed by atoms with Crippen molar-refractivity contribution in [1.29, 1.82) is 0 Å². The molecular weight excluding hydrogens is 148 g/mol. The van der Waals surface area contributed by atoms with Crippen molar-refractivity contribution in [3.8, 4) is 0 Å². The van der Waals surface area contributed by atoms with E-state index in [1.54, 1.807) is 0 Å². The van der Waals surface area contributed by atoms with E-state index in [1.807, 2.05) is 0 Å². The molecule has 0 heterocycles. The number of rotatable bonds is 7. The monoisotopic (exact) mass is 168 g/mol. The van der Waals surface area contributed by atoms with Gasteiger partial charge < -0.3 is 0 Å². The lowest BCUT2D eigenvalue weighted by atomic mass is 9.93. The minimum atomic E-state index is 0.669. The van der Waals surface area contributed by atoms with Crippen molar-refractivity contribution in [2.75, 3.05) is 0 Å². The highest BCUT2D eigenvalue weighted by molar-refractivity contribution is 5.71. The van der Waals surface area contributed by atoms with E-state index in [-0.39, 0.29) is 0 Å². The van der Waals surface area contributed by atoms with Crippen LogP contribution in [0.25, 0.3) is 0 Å². The van der Waals surface area contributed by atoms with Gasteiger partial charge in [0.1, 0.15) is 6.29 Å². The minimum Gasteiger partial charge on any atom is -0.298 e. The fourth-order valence-electron chi connectivity index (χ4n) is 1.36. The summed E-state index contributed by atoms with van der Waals surface area (Å²) >= 11 is 0. The second kappa shape index (κ2) is 7.08. The van der Waals surface area contributed by atoms with Crippen molar-refractivity contribution in [3.63, 3.8) is 0 Å². The third-order valence-corrected chi connectivity index (χ3v) is 2.26. The number of allylic oxidation sites excluding steroid dienone is 1. The van der Waals surface area contributed by atoms with Gasteiger partial charge in [0.15, 0.2) is 0 Å². The van der Waals surface area contributed by atoms with Crippen molar-refractivity contribution in [1.82, 2.24) is 0 Å². The second-order valence-corrected chi connectivity index (χ2v) is 3.40. The summed E-state index contributed by atoms with van der Waals surface area (Å²) in [5, 5.41) is 0. The molecule has 1 heteroatoms. The smallest absolute Gasteiger partial charge is 0.145 e. The zero-order valence-corrected chi connectivity index (χ0v) is 8.31. The van der Waals surface area contributed by atoms with Crippen LogP contribution >= 0.6 is 0 Å². The van der Waals surface area contributed by atoms with E-state index in [0.717, 1.165) is 24.7 Å². The topological polar surface area (TPSA) is 17.1 Å². The maximum absolute atomic E-state index is 10.3. The Morgan fingerprint density at radius 3 is 2.58 bits per heavy atom. The first-order chi connectivity index (χ1) is 5.74. The lowest BCUT2D eigenvalue weighted by Crippen LogP contribution is -2.00. The molecule has 0 fully saturated rings. The van der Waals surface area contributed by atoms with Crippen LogP contribution in [0.4, 0.5) is 0 Å². The molecule has 0 saturated carbocycles. The van der Waals surface area contributed by atoms with E-state index in [1.165, 1.54) is 19.3 Å². The highest BCUT2D eigenvalue weighted by atomic mass is 16.1. The standard InChI is InChI=1S/C11H20O/c1-4-6-7-11(5-2)8-10(3)9-12/h9,11H,3-8H2,1-2H3. The molecule has 0 aliphatic rings. The number of unbranched alkanes of at least 4 members (excludes halogenated alkanes) is 1. The summed E-state index contributed by atoms with van der Waals surface area (Å²) in [5.74, 6) is 0.669. The molecular formula is C11H20O. The summed E-state index contributed by atoms with van der Waals surface area (Å²) in [6, 6.07) is 0. The number of hydrogen-bond donors (Lipinski definition) is 0. The fourth-order valence-corrected chi connectivity index (χ4v) is 1.36. The first-order valence-electron chi connectivity index (χ1n) is 4.87. The quantitative estimate of drug-likeness (QED) is 0.421. The third-order valence-electron chi connectivity index (χ3n) is 2.26. The third kappa shape index (κ3) is 5.11. The van der Waals surface area contributed by atoms with E-state index < -0.39 is 0 Å². The Hall–Kier alpha value is -0.590. The molecule has 0 aromatic heterocycles. The molecule has 12 heavy (non-hydrogen) atoms. The summed E-state index contributed by atoms with van der Waals surface area (Å²) in [6.45, 7) is 8.08. The van der Waals surface area contributed by atoms with Crippen LogP contribution in [-0.4, -0.2) is 6.29 Å². The highest BCUT2D eigenvalue weighted by Crippen LogP contribution is 2.19. The molecule has 0 bridgehead atoms. The Morgan fingerprint density at radius 2 is 2.17 bits per heavy atom. The largest absolute Gasteiger partial charge is 0.298 e. The predicted molar refractivity (Wildman–Crippen MR) is 53.1 cm³/mol. The van der Waals surface area contributed by atoms with Gasteiger partial charge in [-0.05, 0) is 17.9 Å². The predicted octanol–water partition coefficient (Wildman–Crippen LogP) is 3.35. The zero-order valence-electron chi connectivity index (χ0n) is 8.31. The van der Waals surface area contributed by atoms with Crippen LogP contribution in [0.1, 0.15) is 46.0 Å². The van der Waals surface area contributed by atoms with Crippen molar-refractivity contribution in [3.05, 3.63) is 12.2 Å². The van der Waals surface area contributed by atoms with Crippen LogP contribution in [-0.2, 0) is 4.79 Å². The molecule has 0 spiro atoms. The first kappa shape index (κ1) is 11.4. The van der Waals surface area contributed by atoms with E-state index in [2.05, 4.69) is 20.4 Å². The average Bonchev–Trinajstić information content (AvgIpc) is 2.11. The second-order valence-electron chi connectivity index (χ2n) is 3.40. The molecule has 0 aliphatic carbocycles. The molecule has 1 unspecified atom stereocenters. The van der Waals surface area contributed by atoms with Gasteiger partial charge >= 0.3 is 0 Å². The number of hydrogen-bond acceptors (Lipinski definition) is 1. The molecule has 0 aliphatic heterocycles. The van der Waals surface area contributed by atoms with Crippen LogP contribution in [0.5, 0.6) is 0 Å². The van der Waals surface area contributed by atoms with Crippen molar-refractivity contribution >= 4 is 6.29 Å². The molecule has 0 saturated heterocycles. The molecule has 0 amide bonds. The number of carbonyl (C=O) groups excluding carboxylic acids is 1. The summed E-state index contributed by atoms with van der Waals surface area (Å²) < 4.78 is 0. The van der Waals surface area contributed by atoms with Crippen LogP contribution in [0.15, 0.2) is 12.2 Å². The van der Waals surface area contributed by atoms with E-state index in [4.69, 9.17) is 0 Å². The summed E-state index contributed by atoms with van der Waals surface area (Å²) in [5.41, 5.74) is 0.748. The lowest BCUT2D eigenvalue weighted by Gasteiger charge is -2.12. The normalized spacial score (nSPS) is 12.5. The molecule has 0 rings (SSSR count). The van der Waals surface area contributed by atoms with Crippen LogP contribution in [0.3, 0.4) is 0 Å². The number of aldehydes is 1. The average molecular weight is 168 g/mol. The van der Waals surface area contributed by atoms with E-state index in [9.17, 15) is 4.79 Å². The van der Waals surface area contributed by atoms with Gasteiger partial charge in [-0.15, -0.1) is 0 Å².